The van der Waals surface area contributed by atoms with Crippen molar-refractivity contribution in [2.45, 2.75) is 77.3 Å². The summed E-state index contributed by atoms with van der Waals surface area (Å²) in [6.07, 6.45) is 7.47. The predicted molar refractivity (Wildman–Crippen MR) is 81.7 cm³/mol. The van der Waals surface area contributed by atoms with Crippen molar-refractivity contribution in [3.63, 3.8) is 0 Å². The normalized spacial score (nSPS) is 22.9. The van der Waals surface area contributed by atoms with Gasteiger partial charge in [-0.25, -0.2) is 0 Å². The number of unbranched alkanes of at least 4 members (excludes halogenated alkanes) is 1. The van der Waals surface area contributed by atoms with Crippen molar-refractivity contribution in [3.8, 4) is 0 Å². The minimum Gasteiger partial charge on any atom is -0.395 e. The summed E-state index contributed by atoms with van der Waals surface area (Å²) in [5.41, 5.74) is 0. The van der Waals surface area contributed by atoms with E-state index in [-0.39, 0.29) is 18.7 Å². The number of nitrogens with zero attached hydrogens (tertiary/aromatic N) is 1. The molecular weight excluding hydrogens is 276 g/mol. The highest BCUT2D eigenvalue weighted by molar-refractivity contribution is 7.87. The fraction of sp³-hybridized carbons (Fsp3) is 1.00. The van der Waals surface area contributed by atoms with Gasteiger partial charge in [0.1, 0.15) is 0 Å². The first-order chi connectivity index (χ1) is 9.55. The molecule has 1 aliphatic rings. The molecule has 0 aromatic heterocycles. The standard InChI is InChI=1S/C14H30N2O3S/c1-3-5-9-13(8-4-2)15-20(18,19)16-11-7-6-10-14(16)12-17/h13-15,17H,3-12H2,1-2H3. The first-order valence-electron chi connectivity index (χ1n) is 7.95. The Morgan fingerprint density at radius 1 is 1.25 bits per heavy atom. The molecule has 5 nitrogen and oxygen atoms in total. The topological polar surface area (TPSA) is 69.6 Å². The average molecular weight is 306 g/mol. The largest absolute Gasteiger partial charge is 0.395 e. The second-order valence-electron chi connectivity index (χ2n) is 5.69. The maximum Gasteiger partial charge on any atom is 0.280 e. The van der Waals surface area contributed by atoms with Crippen LogP contribution in [0.1, 0.15) is 65.2 Å². The molecule has 0 bridgehead atoms. The van der Waals surface area contributed by atoms with Gasteiger partial charge >= 0.3 is 0 Å². The molecule has 0 aromatic carbocycles. The molecule has 1 fully saturated rings. The third kappa shape index (κ3) is 5.31. The van der Waals surface area contributed by atoms with Gasteiger partial charge < -0.3 is 5.11 Å². The molecule has 1 heterocycles. The Morgan fingerprint density at radius 3 is 2.60 bits per heavy atom. The van der Waals surface area contributed by atoms with Gasteiger partial charge in [0.15, 0.2) is 0 Å². The van der Waals surface area contributed by atoms with Crippen molar-refractivity contribution in [1.29, 1.82) is 0 Å². The molecule has 2 unspecified atom stereocenters. The smallest absolute Gasteiger partial charge is 0.280 e. The van der Waals surface area contributed by atoms with Crippen LogP contribution in [-0.2, 0) is 10.2 Å². The number of aliphatic hydroxyl groups excluding tert-OH is 1. The van der Waals surface area contributed by atoms with Gasteiger partial charge in [-0.3, -0.25) is 0 Å². The van der Waals surface area contributed by atoms with E-state index in [0.29, 0.717) is 6.54 Å². The minimum atomic E-state index is -3.47. The van der Waals surface area contributed by atoms with Gasteiger partial charge in [0.2, 0.25) is 0 Å². The molecule has 0 radical (unpaired) electrons. The number of piperidine rings is 1. The predicted octanol–water partition coefficient (Wildman–Crippen LogP) is 2.03. The van der Waals surface area contributed by atoms with E-state index in [2.05, 4.69) is 18.6 Å². The van der Waals surface area contributed by atoms with Crippen LogP contribution in [0.4, 0.5) is 0 Å². The third-order valence-corrected chi connectivity index (χ3v) is 5.68. The van der Waals surface area contributed by atoms with Gasteiger partial charge in [0.05, 0.1) is 6.61 Å². The number of nitrogens with one attached hydrogen (secondary N) is 1. The van der Waals surface area contributed by atoms with Crippen molar-refractivity contribution in [1.82, 2.24) is 9.03 Å². The number of aliphatic hydroxyl groups is 1. The van der Waals surface area contributed by atoms with E-state index in [1.807, 2.05) is 0 Å². The van der Waals surface area contributed by atoms with Crippen molar-refractivity contribution in [2.24, 2.45) is 0 Å². The number of hydrogen-bond acceptors (Lipinski definition) is 3. The second kappa shape index (κ2) is 8.97. The van der Waals surface area contributed by atoms with Crippen molar-refractivity contribution in [3.05, 3.63) is 0 Å². The van der Waals surface area contributed by atoms with Gasteiger partial charge in [0, 0.05) is 18.6 Å². The van der Waals surface area contributed by atoms with E-state index in [0.717, 1.165) is 51.4 Å². The summed E-state index contributed by atoms with van der Waals surface area (Å²) in [6.45, 7) is 4.62. The second-order valence-corrected chi connectivity index (χ2v) is 7.35. The molecule has 0 spiro atoms. The quantitative estimate of drug-likeness (QED) is 0.685. The summed E-state index contributed by atoms with van der Waals surface area (Å²) >= 11 is 0. The highest BCUT2D eigenvalue weighted by Gasteiger charge is 2.32. The summed E-state index contributed by atoms with van der Waals surface area (Å²) in [6, 6.07) is -0.235. The van der Waals surface area contributed by atoms with Crippen LogP contribution in [0.5, 0.6) is 0 Å². The molecule has 6 heteroatoms. The highest BCUT2D eigenvalue weighted by atomic mass is 32.2. The Hall–Kier alpha value is -0.170. The maximum atomic E-state index is 12.5. The summed E-state index contributed by atoms with van der Waals surface area (Å²) in [5.74, 6) is 0. The summed E-state index contributed by atoms with van der Waals surface area (Å²) in [4.78, 5) is 0. The molecule has 0 aromatic rings. The van der Waals surface area contributed by atoms with Gasteiger partial charge in [-0.05, 0) is 25.7 Å². The van der Waals surface area contributed by atoms with Crippen LogP contribution >= 0.6 is 0 Å². The Kier molecular flexibility index (Phi) is 8.02. The van der Waals surface area contributed by atoms with Crippen molar-refractivity contribution >= 4 is 10.2 Å². The molecular formula is C14H30N2O3S. The van der Waals surface area contributed by atoms with Crippen LogP contribution < -0.4 is 4.72 Å². The molecule has 1 saturated heterocycles. The van der Waals surface area contributed by atoms with Crippen LogP contribution in [0.3, 0.4) is 0 Å². The zero-order valence-corrected chi connectivity index (χ0v) is 13.7. The lowest BCUT2D eigenvalue weighted by Gasteiger charge is -2.34. The van der Waals surface area contributed by atoms with E-state index >= 15 is 0 Å². The van der Waals surface area contributed by atoms with Crippen LogP contribution in [0, 0.1) is 0 Å². The molecule has 2 N–H and O–H groups in total. The van der Waals surface area contributed by atoms with Gasteiger partial charge in [-0.1, -0.05) is 39.5 Å². The van der Waals surface area contributed by atoms with E-state index in [1.165, 1.54) is 4.31 Å². The zero-order valence-electron chi connectivity index (χ0n) is 12.8. The number of hydrogen-bond donors (Lipinski definition) is 2. The maximum absolute atomic E-state index is 12.5. The summed E-state index contributed by atoms with van der Waals surface area (Å²) in [5, 5.41) is 9.37. The number of rotatable bonds is 9. The molecule has 0 amide bonds. The fourth-order valence-electron chi connectivity index (χ4n) is 2.81. The molecule has 0 aliphatic carbocycles. The Morgan fingerprint density at radius 2 is 2.00 bits per heavy atom. The lowest BCUT2D eigenvalue weighted by atomic mass is 10.1. The van der Waals surface area contributed by atoms with E-state index in [4.69, 9.17) is 0 Å². The van der Waals surface area contributed by atoms with Crippen LogP contribution in [0.15, 0.2) is 0 Å². The molecule has 20 heavy (non-hydrogen) atoms. The van der Waals surface area contributed by atoms with Crippen molar-refractivity contribution in [2.75, 3.05) is 13.2 Å². The summed E-state index contributed by atoms with van der Waals surface area (Å²) < 4.78 is 29.3. The first-order valence-corrected chi connectivity index (χ1v) is 9.39. The summed E-state index contributed by atoms with van der Waals surface area (Å²) in [7, 11) is -3.47. The van der Waals surface area contributed by atoms with E-state index in [1.54, 1.807) is 0 Å². The molecule has 1 aliphatic heterocycles. The van der Waals surface area contributed by atoms with Crippen LogP contribution in [0.2, 0.25) is 0 Å². The average Bonchev–Trinajstić information content (AvgIpc) is 2.44. The SMILES string of the molecule is CCCCC(CCC)NS(=O)(=O)N1CCCCC1CO. The van der Waals surface area contributed by atoms with Gasteiger partial charge in [0.25, 0.3) is 10.2 Å². The minimum absolute atomic E-state index is 0.0196. The monoisotopic (exact) mass is 306 g/mol. The van der Waals surface area contributed by atoms with Crippen LogP contribution in [-0.4, -0.2) is 43.1 Å². The first kappa shape index (κ1) is 17.9. The lowest BCUT2D eigenvalue weighted by Crippen LogP contribution is -2.52. The van der Waals surface area contributed by atoms with E-state index < -0.39 is 10.2 Å². The Balaban J connectivity index is 2.69. The zero-order chi connectivity index (χ0) is 15.0. The van der Waals surface area contributed by atoms with Crippen molar-refractivity contribution < 1.29 is 13.5 Å². The fourth-order valence-corrected chi connectivity index (χ4v) is 4.54. The molecule has 0 saturated carbocycles. The van der Waals surface area contributed by atoms with E-state index in [9.17, 15) is 13.5 Å². The Labute approximate surface area is 123 Å². The molecule has 2 atom stereocenters. The van der Waals surface area contributed by atoms with Gasteiger partial charge in [-0.15, -0.1) is 0 Å². The third-order valence-electron chi connectivity index (χ3n) is 3.95. The molecule has 120 valence electrons. The van der Waals surface area contributed by atoms with Crippen LogP contribution in [0.25, 0.3) is 0 Å². The van der Waals surface area contributed by atoms with Gasteiger partial charge in [-0.2, -0.15) is 17.4 Å². The Bertz CT molecular complexity index is 359. The lowest BCUT2D eigenvalue weighted by molar-refractivity contribution is 0.153. The highest BCUT2D eigenvalue weighted by Crippen LogP contribution is 2.20. The molecule has 1 rings (SSSR count).